The van der Waals surface area contributed by atoms with E-state index in [4.69, 9.17) is 10.3 Å². The van der Waals surface area contributed by atoms with Gasteiger partial charge in [-0.1, -0.05) is 6.07 Å². The third-order valence-electron chi connectivity index (χ3n) is 1.31. The third-order valence-corrected chi connectivity index (χ3v) is 1.31. The van der Waals surface area contributed by atoms with Crippen LogP contribution in [-0.4, -0.2) is 10.4 Å². The fourth-order valence-corrected chi connectivity index (χ4v) is 0.825. The highest BCUT2D eigenvalue weighted by Gasteiger charge is 2.00. The maximum atomic E-state index is 5.54. The summed E-state index contributed by atoms with van der Waals surface area (Å²) in [6.45, 7) is 0. The molecular formula is C6H5N3O. The topological polar surface area (TPSA) is 64.9 Å². The van der Waals surface area contributed by atoms with Gasteiger partial charge in [-0.05, 0) is 12.1 Å². The SMILES string of the molecule is Nc1cccc2onnc12. The zero-order chi connectivity index (χ0) is 6.97. The Morgan fingerprint density at radius 3 is 3.10 bits per heavy atom. The molecule has 2 N–H and O–H groups in total. The molecule has 1 aromatic heterocycles. The minimum Gasteiger partial charge on any atom is -0.397 e. The van der Waals surface area contributed by atoms with E-state index in [0.29, 0.717) is 16.8 Å². The molecule has 0 spiro atoms. The molecule has 50 valence electrons. The lowest BCUT2D eigenvalue weighted by atomic mass is 10.3. The molecule has 0 saturated heterocycles. The van der Waals surface area contributed by atoms with Crippen LogP contribution in [0, 0.1) is 0 Å². The molecule has 0 aliphatic carbocycles. The van der Waals surface area contributed by atoms with Crippen LogP contribution in [0.4, 0.5) is 5.69 Å². The number of hydrogen-bond donors (Lipinski definition) is 1. The summed E-state index contributed by atoms with van der Waals surface area (Å²) in [7, 11) is 0. The van der Waals surface area contributed by atoms with Crippen molar-refractivity contribution >= 4 is 16.8 Å². The number of aromatic nitrogens is 2. The van der Waals surface area contributed by atoms with Crippen LogP contribution in [0.15, 0.2) is 22.7 Å². The molecule has 1 heterocycles. The molecule has 0 radical (unpaired) electrons. The van der Waals surface area contributed by atoms with E-state index in [9.17, 15) is 0 Å². The van der Waals surface area contributed by atoms with E-state index in [0.717, 1.165) is 0 Å². The zero-order valence-corrected chi connectivity index (χ0v) is 5.11. The first-order chi connectivity index (χ1) is 4.88. The monoisotopic (exact) mass is 135 g/mol. The smallest absolute Gasteiger partial charge is 0.189 e. The summed E-state index contributed by atoms with van der Waals surface area (Å²) in [6.07, 6.45) is 0. The minimum absolute atomic E-state index is 0.596. The first kappa shape index (κ1) is 5.22. The van der Waals surface area contributed by atoms with Crippen LogP contribution in [0.3, 0.4) is 0 Å². The molecule has 0 aliphatic heterocycles. The molecule has 2 aromatic rings. The second-order valence-electron chi connectivity index (χ2n) is 1.97. The van der Waals surface area contributed by atoms with Crippen molar-refractivity contribution in [2.75, 3.05) is 5.73 Å². The summed E-state index contributed by atoms with van der Waals surface area (Å²) in [5, 5.41) is 7.03. The number of fused-ring (bicyclic) bond motifs is 1. The molecule has 0 atom stereocenters. The molecule has 0 fully saturated rings. The summed E-state index contributed by atoms with van der Waals surface area (Å²) < 4.78 is 4.76. The predicted molar refractivity (Wildman–Crippen MR) is 36.2 cm³/mol. The minimum atomic E-state index is 0.596. The van der Waals surface area contributed by atoms with Crippen LogP contribution in [0.5, 0.6) is 0 Å². The van der Waals surface area contributed by atoms with E-state index >= 15 is 0 Å². The molecule has 4 heteroatoms. The van der Waals surface area contributed by atoms with Crippen molar-refractivity contribution in [1.82, 2.24) is 10.4 Å². The van der Waals surface area contributed by atoms with Gasteiger partial charge in [0.1, 0.15) is 0 Å². The van der Waals surface area contributed by atoms with Crippen LogP contribution in [0.2, 0.25) is 0 Å². The second kappa shape index (κ2) is 1.70. The van der Waals surface area contributed by atoms with Crippen molar-refractivity contribution in [2.24, 2.45) is 0 Å². The number of rotatable bonds is 0. The Balaban J connectivity index is 2.95. The number of nitrogens with two attached hydrogens (primary N) is 1. The first-order valence-electron chi connectivity index (χ1n) is 2.84. The maximum absolute atomic E-state index is 5.54. The van der Waals surface area contributed by atoms with Crippen LogP contribution in [0.1, 0.15) is 0 Å². The Morgan fingerprint density at radius 1 is 1.40 bits per heavy atom. The van der Waals surface area contributed by atoms with Crippen molar-refractivity contribution in [3.63, 3.8) is 0 Å². The highest BCUT2D eigenvalue weighted by Crippen LogP contribution is 2.16. The number of hydrogen-bond acceptors (Lipinski definition) is 4. The Hall–Kier alpha value is -1.58. The average Bonchev–Trinajstić information content (AvgIpc) is 2.36. The van der Waals surface area contributed by atoms with Gasteiger partial charge in [0.2, 0.25) is 0 Å². The molecule has 10 heavy (non-hydrogen) atoms. The molecule has 0 amide bonds. The predicted octanol–water partition coefficient (Wildman–Crippen LogP) is 0.805. The van der Waals surface area contributed by atoms with Gasteiger partial charge < -0.3 is 10.3 Å². The van der Waals surface area contributed by atoms with Crippen molar-refractivity contribution in [3.05, 3.63) is 18.2 Å². The lowest BCUT2D eigenvalue weighted by molar-refractivity contribution is 0.424. The van der Waals surface area contributed by atoms with E-state index in [-0.39, 0.29) is 0 Å². The number of nitrogen functional groups attached to an aromatic ring is 1. The van der Waals surface area contributed by atoms with Gasteiger partial charge in [-0.15, -0.1) is 5.10 Å². The Kier molecular flexibility index (Phi) is 0.887. The molecule has 4 nitrogen and oxygen atoms in total. The normalized spacial score (nSPS) is 10.4. The van der Waals surface area contributed by atoms with Gasteiger partial charge in [-0.25, -0.2) is 0 Å². The second-order valence-corrected chi connectivity index (χ2v) is 1.97. The van der Waals surface area contributed by atoms with Crippen LogP contribution >= 0.6 is 0 Å². The fraction of sp³-hybridized carbons (Fsp3) is 0. The lowest BCUT2D eigenvalue weighted by Gasteiger charge is -1.87. The quantitative estimate of drug-likeness (QED) is 0.543. The van der Waals surface area contributed by atoms with Crippen molar-refractivity contribution < 1.29 is 4.52 Å². The molecule has 2 rings (SSSR count). The highest BCUT2D eigenvalue weighted by atomic mass is 16.5. The van der Waals surface area contributed by atoms with E-state index in [1.807, 2.05) is 0 Å². The molecule has 1 aromatic carbocycles. The van der Waals surface area contributed by atoms with Gasteiger partial charge in [0, 0.05) is 5.27 Å². The average molecular weight is 135 g/mol. The van der Waals surface area contributed by atoms with Gasteiger partial charge >= 0.3 is 0 Å². The Bertz CT molecular complexity index is 355. The van der Waals surface area contributed by atoms with E-state index in [1.165, 1.54) is 0 Å². The summed E-state index contributed by atoms with van der Waals surface area (Å²) in [5.41, 5.74) is 7.39. The van der Waals surface area contributed by atoms with Crippen LogP contribution in [0.25, 0.3) is 11.1 Å². The van der Waals surface area contributed by atoms with Crippen molar-refractivity contribution in [2.45, 2.75) is 0 Å². The number of anilines is 1. The Morgan fingerprint density at radius 2 is 2.30 bits per heavy atom. The standard InChI is InChI=1S/C6H5N3O/c7-4-2-1-3-5-6(4)8-9-10-5/h1-3H,7H2. The first-order valence-corrected chi connectivity index (χ1v) is 2.84. The van der Waals surface area contributed by atoms with Crippen LogP contribution < -0.4 is 5.73 Å². The highest BCUT2D eigenvalue weighted by molar-refractivity contribution is 5.84. The van der Waals surface area contributed by atoms with Crippen molar-refractivity contribution in [1.29, 1.82) is 0 Å². The summed E-state index contributed by atoms with van der Waals surface area (Å²) in [5.74, 6) is 0. The Labute approximate surface area is 56.6 Å². The molecule has 0 saturated carbocycles. The molecule has 0 bridgehead atoms. The summed E-state index contributed by atoms with van der Waals surface area (Å²) >= 11 is 0. The number of benzene rings is 1. The van der Waals surface area contributed by atoms with Gasteiger partial charge in [-0.2, -0.15) is 0 Å². The molecular weight excluding hydrogens is 130 g/mol. The van der Waals surface area contributed by atoms with Crippen molar-refractivity contribution in [3.8, 4) is 0 Å². The maximum Gasteiger partial charge on any atom is 0.189 e. The zero-order valence-electron chi connectivity index (χ0n) is 5.11. The van der Waals surface area contributed by atoms with Crippen LogP contribution in [-0.2, 0) is 0 Å². The van der Waals surface area contributed by atoms with Gasteiger partial charge in [0.05, 0.1) is 5.69 Å². The molecule has 0 unspecified atom stereocenters. The van der Waals surface area contributed by atoms with E-state index in [2.05, 4.69) is 10.4 Å². The van der Waals surface area contributed by atoms with E-state index in [1.54, 1.807) is 18.2 Å². The largest absolute Gasteiger partial charge is 0.397 e. The summed E-state index contributed by atoms with van der Waals surface area (Å²) in [6, 6.07) is 5.32. The summed E-state index contributed by atoms with van der Waals surface area (Å²) in [4.78, 5) is 0. The van der Waals surface area contributed by atoms with Gasteiger partial charge in [0.25, 0.3) is 0 Å². The van der Waals surface area contributed by atoms with E-state index < -0.39 is 0 Å². The van der Waals surface area contributed by atoms with Gasteiger partial charge in [0.15, 0.2) is 11.1 Å². The fourth-order valence-electron chi connectivity index (χ4n) is 0.825. The number of nitrogens with zero attached hydrogens (tertiary/aromatic N) is 2. The molecule has 0 aliphatic rings. The van der Waals surface area contributed by atoms with Gasteiger partial charge in [-0.3, -0.25) is 0 Å². The third kappa shape index (κ3) is 0.556. The lowest BCUT2D eigenvalue weighted by Crippen LogP contribution is -1.84.